The standard InChI is InChI=1S/C25H29N5O2/c1-18-23(27-19(2)31)25(30(28-18)22-11-7-4-8-12-22)29-15-13-21(14-16-29)24(32)26-17-20-9-5-3-6-10-20/h3-12,21H,13-17H2,1-2H3,(H,26,32)(H,27,31). The molecule has 0 aliphatic carbocycles. The summed E-state index contributed by atoms with van der Waals surface area (Å²) in [6.07, 6.45) is 1.50. The fraction of sp³-hybridized carbons (Fsp3) is 0.320. The lowest BCUT2D eigenvalue weighted by molar-refractivity contribution is -0.125. The Morgan fingerprint density at radius 2 is 1.62 bits per heavy atom. The Morgan fingerprint density at radius 1 is 1.00 bits per heavy atom. The van der Waals surface area contributed by atoms with Gasteiger partial charge in [-0.2, -0.15) is 5.10 Å². The largest absolute Gasteiger partial charge is 0.355 e. The summed E-state index contributed by atoms with van der Waals surface area (Å²) in [5.41, 5.74) is 3.53. The molecule has 2 heterocycles. The first-order chi connectivity index (χ1) is 15.5. The highest BCUT2D eigenvalue weighted by atomic mass is 16.2. The number of rotatable bonds is 6. The predicted octanol–water partition coefficient (Wildman–Crippen LogP) is 3.67. The van der Waals surface area contributed by atoms with Gasteiger partial charge in [0.2, 0.25) is 11.8 Å². The third-order valence-corrected chi connectivity index (χ3v) is 5.81. The van der Waals surface area contributed by atoms with E-state index in [2.05, 4.69) is 15.5 Å². The second kappa shape index (κ2) is 9.68. The summed E-state index contributed by atoms with van der Waals surface area (Å²) in [7, 11) is 0. The first-order valence-corrected chi connectivity index (χ1v) is 11.0. The molecular weight excluding hydrogens is 402 g/mol. The van der Waals surface area contributed by atoms with Crippen LogP contribution in [0.2, 0.25) is 0 Å². The van der Waals surface area contributed by atoms with Gasteiger partial charge in [0.05, 0.1) is 11.4 Å². The molecule has 3 aromatic rings. The van der Waals surface area contributed by atoms with Gasteiger partial charge in [-0.15, -0.1) is 0 Å². The van der Waals surface area contributed by atoms with Gasteiger partial charge in [-0.25, -0.2) is 4.68 Å². The minimum Gasteiger partial charge on any atom is -0.355 e. The zero-order chi connectivity index (χ0) is 22.5. The maximum Gasteiger partial charge on any atom is 0.223 e. The fourth-order valence-corrected chi connectivity index (χ4v) is 4.16. The number of hydrogen-bond acceptors (Lipinski definition) is 4. The monoisotopic (exact) mass is 431 g/mol. The summed E-state index contributed by atoms with van der Waals surface area (Å²) in [4.78, 5) is 26.8. The smallest absolute Gasteiger partial charge is 0.223 e. The van der Waals surface area contributed by atoms with E-state index in [0.717, 1.165) is 41.3 Å². The molecule has 1 fully saturated rings. The molecule has 1 saturated heterocycles. The number of carbonyl (C=O) groups is 2. The van der Waals surface area contributed by atoms with Crippen LogP contribution in [0.5, 0.6) is 0 Å². The van der Waals surface area contributed by atoms with Gasteiger partial charge in [0.1, 0.15) is 5.69 Å². The van der Waals surface area contributed by atoms with Gasteiger partial charge in [-0.3, -0.25) is 9.59 Å². The average Bonchev–Trinajstić information content (AvgIpc) is 3.14. The average molecular weight is 432 g/mol. The van der Waals surface area contributed by atoms with E-state index in [1.54, 1.807) is 0 Å². The molecule has 0 bridgehead atoms. The number of nitrogens with one attached hydrogen (secondary N) is 2. The molecule has 7 nitrogen and oxygen atoms in total. The molecule has 2 aromatic carbocycles. The van der Waals surface area contributed by atoms with Crippen molar-refractivity contribution in [3.63, 3.8) is 0 Å². The fourth-order valence-electron chi connectivity index (χ4n) is 4.16. The van der Waals surface area contributed by atoms with Gasteiger partial charge in [-0.05, 0) is 37.5 Å². The van der Waals surface area contributed by atoms with Crippen LogP contribution in [0.25, 0.3) is 5.69 Å². The van der Waals surface area contributed by atoms with Gasteiger partial charge in [0.15, 0.2) is 5.82 Å². The number of nitrogens with zero attached hydrogens (tertiary/aromatic N) is 3. The maximum absolute atomic E-state index is 12.7. The van der Waals surface area contributed by atoms with E-state index in [4.69, 9.17) is 5.10 Å². The number of amides is 2. The number of piperidine rings is 1. The van der Waals surface area contributed by atoms with Gasteiger partial charge in [0, 0.05) is 32.5 Å². The summed E-state index contributed by atoms with van der Waals surface area (Å²) < 4.78 is 1.89. The molecule has 0 spiro atoms. The van der Waals surface area contributed by atoms with Gasteiger partial charge in [0.25, 0.3) is 0 Å². The summed E-state index contributed by atoms with van der Waals surface area (Å²) in [5.74, 6) is 0.820. The van der Waals surface area contributed by atoms with Crippen molar-refractivity contribution in [2.45, 2.75) is 33.2 Å². The van der Waals surface area contributed by atoms with E-state index >= 15 is 0 Å². The maximum atomic E-state index is 12.7. The zero-order valence-electron chi connectivity index (χ0n) is 18.5. The van der Waals surface area contributed by atoms with Crippen LogP contribution in [0.15, 0.2) is 60.7 Å². The second-order valence-electron chi connectivity index (χ2n) is 8.18. The topological polar surface area (TPSA) is 79.3 Å². The highest BCUT2D eigenvalue weighted by Gasteiger charge is 2.29. The Hall–Kier alpha value is -3.61. The van der Waals surface area contributed by atoms with E-state index in [0.29, 0.717) is 19.6 Å². The van der Waals surface area contributed by atoms with Crippen LogP contribution in [0.4, 0.5) is 11.5 Å². The number of aromatic nitrogens is 2. The van der Waals surface area contributed by atoms with E-state index < -0.39 is 0 Å². The first-order valence-electron chi connectivity index (χ1n) is 11.0. The van der Waals surface area contributed by atoms with Crippen LogP contribution in [-0.2, 0) is 16.1 Å². The highest BCUT2D eigenvalue weighted by molar-refractivity contribution is 5.93. The first kappa shape index (κ1) is 21.6. The second-order valence-corrected chi connectivity index (χ2v) is 8.18. The number of benzene rings is 2. The lowest BCUT2D eigenvalue weighted by atomic mass is 9.95. The molecule has 4 rings (SSSR count). The van der Waals surface area contributed by atoms with Crippen molar-refractivity contribution < 1.29 is 9.59 Å². The minimum absolute atomic E-state index is 0.0200. The number of para-hydroxylation sites is 1. The molecule has 1 aliphatic heterocycles. The third kappa shape index (κ3) is 4.82. The minimum atomic E-state index is -0.128. The molecule has 1 aromatic heterocycles. The molecular formula is C25H29N5O2. The number of aryl methyl sites for hydroxylation is 1. The quantitative estimate of drug-likeness (QED) is 0.624. The molecule has 7 heteroatoms. The molecule has 2 N–H and O–H groups in total. The number of hydrogen-bond donors (Lipinski definition) is 2. The van der Waals surface area contributed by atoms with Gasteiger partial charge in [-0.1, -0.05) is 48.5 Å². The Bertz CT molecular complexity index is 1070. The van der Waals surface area contributed by atoms with Crippen LogP contribution in [0, 0.1) is 12.8 Å². The van der Waals surface area contributed by atoms with E-state index in [-0.39, 0.29) is 17.7 Å². The van der Waals surface area contributed by atoms with Crippen molar-refractivity contribution in [2.75, 3.05) is 23.3 Å². The van der Waals surface area contributed by atoms with Crippen molar-refractivity contribution in [1.82, 2.24) is 15.1 Å². The summed E-state index contributed by atoms with van der Waals surface area (Å²) in [6, 6.07) is 19.9. The lowest BCUT2D eigenvalue weighted by Gasteiger charge is -2.33. The lowest BCUT2D eigenvalue weighted by Crippen LogP contribution is -2.41. The summed E-state index contributed by atoms with van der Waals surface area (Å²) >= 11 is 0. The van der Waals surface area contributed by atoms with Crippen LogP contribution in [0.1, 0.15) is 31.0 Å². The number of anilines is 2. The molecule has 2 amide bonds. The summed E-state index contributed by atoms with van der Waals surface area (Å²) in [6.45, 7) is 5.39. The molecule has 32 heavy (non-hydrogen) atoms. The molecule has 0 radical (unpaired) electrons. The van der Waals surface area contributed by atoms with E-state index in [9.17, 15) is 9.59 Å². The summed E-state index contributed by atoms with van der Waals surface area (Å²) in [5, 5.41) is 10.7. The SMILES string of the molecule is CC(=O)Nc1c(C)nn(-c2ccccc2)c1N1CCC(C(=O)NCc2ccccc2)CC1. The van der Waals surface area contributed by atoms with Crippen LogP contribution >= 0.6 is 0 Å². The van der Waals surface area contributed by atoms with Crippen molar-refractivity contribution >= 4 is 23.3 Å². The van der Waals surface area contributed by atoms with Crippen molar-refractivity contribution in [3.8, 4) is 5.69 Å². The highest BCUT2D eigenvalue weighted by Crippen LogP contribution is 2.34. The molecule has 1 aliphatic rings. The molecule has 0 unspecified atom stereocenters. The van der Waals surface area contributed by atoms with Gasteiger partial charge < -0.3 is 15.5 Å². The van der Waals surface area contributed by atoms with Crippen molar-refractivity contribution in [3.05, 3.63) is 71.9 Å². The van der Waals surface area contributed by atoms with Gasteiger partial charge >= 0.3 is 0 Å². The Morgan fingerprint density at radius 3 is 2.25 bits per heavy atom. The third-order valence-electron chi connectivity index (χ3n) is 5.81. The van der Waals surface area contributed by atoms with E-state index in [1.807, 2.05) is 72.3 Å². The molecule has 166 valence electrons. The zero-order valence-corrected chi connectivity index (χ0v) is 18.5. The molecule has 0 atom stereocenters. The van der Waals surface area contributed by atoms with Crippen molar-refractivity contribution in [1.29, 1.82) is 0 Å². The van der Waals surface area contributed by atoms with Crippen molar-refractivity contribution in [2.24, 2.45) is 5.92 Å². The predicted molar refractivity (Wildman–Crippen MR) is 126 cm³/mol. The van der Waals surface area contributed by atoms with E-state index in [1.165, 1.54) is 6.92 Å². The Balaban J connectivity index is 1.49. The van der Waals surface area contributed by atoms with Crippen LogP contribution in [0.3, 0.4) is 0 Å². The Labute approximate surface area is 188 Å². The normalized spacial score (nSPS) is 14.2. The number of carbonyl (C=O) groups excluding carboxylic acids is 2. The van der Waals surface area contributed by atoms with Crippen LogP contribution < -0.4 is 15.5 Å². The Kier molecular flexibility index (Phi) is 6.54. The van der Waals surface area contributed by atoms with Crippen LogP contribution in [-0.4, -0.2) is 34.7 Å². The molecule has 0 saturated carbocycles.